The van der Waals surface area contributed by atoms with E-state index in [1.54, 1.807) is 19.9 Å². The second-order valence-corrected chi connectivity index (χ2v) is 5.09. The third-order valence-corrected chi connectivity index (χ3v) is 3.35. The Labute approximate surface area is 128 Å². The van der Waals surface area contributed by atoms with Crippen LogP contribution in [0.4, 0.5) is 5.69 Å². The van der Waals surface area contributed by atoms with Gasteiger partial charge in [0.15, 0.2) is 0 Å². The molecule has 21 heavy (non-hydrogen) atoms. The van der Waals surface area contributed by atoms with Gasteiger partial charge in [-0.05, 0) is 31.5 Å². The van der Waals surface area contributed by atoms with E-state index in [0.717, 1.165) is 0 Å². The third kappa shape index (κ3) is 2.98. The number of halogens is 1. The van der Waals surface area contributed by atoms with Gasteiger partial charge in [0.25, 0.3) is 5.88 Å². The summed E-state index contributed by atoms with van der Waals surface area (Å²) in [5, 5.41) is 27.9. The lowest BCUT2D eigenvalue weighted by Gasteiger charge is -2.09. The topological polar surface area (TPSA) is 102 Å². The van der Waals surface area contributed by atoms with Crippen LogP contribution >= 0.6 is 15.9 Å². The minimum atomic E-state index is -0.569. The average Bonchev–Trinajstić information content (AvgIpc) is 2.45. The van der Waals surface area contributed by atoms with Crippen molar-refractivity contribution in [1.29, 1.82) is 5.26 Å². The van der Waals surface area contributed by atoms with E-state index in [0.29, 0.717) is 15.7 Å². The van der Waals surface area contributed by atoms with E-state index in [1.807, 2.05) is 6.07 Å². The van der Waals surface area contributed by atoms with Crippen molar-refractivity contribution < 1.29 is 9.66 Å². The average molecular weight is 349 g/mol. The first-order chi connectivity index (χ1) is 9.93. The molecule has 0 amide bonds. The lowest BCUT2D eigenvalue weighted by molar-refractivity contribution is -0.385. The molecule has 0 aliphatic carbocycles. The highest BCUT2D eigenvalue weighted by Crippen LogP contribution is 2.34. The minimum absolute atomic E-state index is 0.00254. The number of aryl methyl sites for hydroxylation is 1. The van der Waals surface area contributed by atoms with Gasteiger partial charge in [-0.25, -0.2) is 0 Å². The van der Waals surface area contributed by atoms with Crippen LogP contribution in [0.1, 0.15) is 16.8 Å². The first kappa shape index (κ1) is 14.9. The van der Waals surface area contributed by atoms with Gasteiger partial charge in [0.1, 0.15) is 11.6 Å². The van der Waals surface area contributed by atoms with Crippen LogP contribution in [0.2, 0.25) is 0 Å². The zero-order valence-electron chi connectivity index (χ0n) is 11.1. The number of nitrogens with zero attached hydrogens (tertiary/aromatic N) is 4. The highest BCUT2D eigenvalue weighted by atomic mass is 79.9. The number of nitro benzene ring substituents is 1. The summed E-state index contributed by atoms with van der Waals surface area (Å²) in [4.78, 5) is 10.5. The standard InChI is InChI=1S/C13H9BrN4O3/c1-7-8(2)16-17-13(10(7)6-15)21-12-4-3-9(14)5-11(12)18(19)20/h3-5H,1-2H3. The Kier molecular flexibility index (Phi) is 4.14. The Morgan fingerprint density at radius 1 is 1.38 bits per heavy atom. The van der Waals surface area contributed by atoms with E-state index >= 15 is 0 Å². The minimum Gasteiger partial charge on any atom is -0.429 e. The van der Waals surface area contributed by atoms with Crippen molar-refractivity contribution in [3.8, 4) is 17.7 Å². The molecule has 106 valence electrons. The van der Waals surface area contributed by atoms with Gasteiger partial charge in [0, 0.05) is 10.5 Å². The number of ether oxygens (including phenoxy) is 1. The van der Waals surface area contributed by atoms with Crippen LogP contribution in [-0.4, -0.2) is 15.1 Å². The first-order valence-corrected chi connectivity index (χ1v) is 6.59. The van der Waals surface area contributed by atoms with Crippen LogP contribution in [0.5, 0.6) is 11.6 Å². The molecular formula is C13H9BrN4O3. The van der Waals surface area contributed by atoms with E-state index in [4.69, 9.17) is 4.74 Å². The van der Waals surface area contributed by atoms with Gasteiger partial charge in [0.2, 0.25) is 5.75 Å². The molecule has 2 rings (SSSR count). The lowest BCUT2D eigenvalue weighted by atomic mass is 10.1. The van der Waals surface area contributed by atoms with Gasteiger partial charge in [-0.15, -0.1) is 5.10 Å². The van der Waals surface area contributed by atoms with Crippen molar-refractivity contribution in [3.63, 3.8) is 0 Å². The number of benzene rings is 1. The molecule has 1 aromatic heterocycles. The van der Waals surface area contributed by atoms with Crippen molar-refractivity contribution in [2.75, 3.05) is 0 Å². The molecule has 0 aliphatic rings. The summed E-state index contributed by atoms with van der Waals surface area (Å²) < 4.78 is 5.97. The molecule has 0 fully saturated rings. The zero-order valence-corrected chi connectivity index (χ0v) is 12.7. The number of aromatic nitrogens is 2. The van der Waals surface area contributed by atoms with Crippen molar-refractivity contribution in [2.24, 2.45) is 0 Å². The first-order valence-electron chi connectivity index (χ1n) is 5.79. The maximum atomic E-state index is 11.0. The molecule has 0 radical (unpaired) electrons. The van der Waals surface area contributed by atoms with Gasteiger partial charge in [-0.3, -0.25) is 10.1 Å². The van der Waals surface area contributed by atoms with Crippen molar-refractivity contribution >= 4 is 21.6 Å². The molecule has 1 heterocycles. The van der Waals surface area contributed by atoms with Crippen LogP contribution in [0.25, 0.3) is 0 Å². The fourth-order valence-electron chi connectivity index (χ4n) is 1.61. The highest BCUT2D eigenvalue weighted by Gasteiger charge is 2.20. The number of nitro groups is 1. The van der Waals surface area contributed by atoms with Crippen molar-refractivity contribution in [3.05, 3.63) is 49.6 Å². The Hall–Kier alpha value is -2.53. The monoisotopic (exact) mass is 348 g/mol. The molecule has 0 atom stereocenters. The number of hydrogen-bond acceptors (Lipinski definition) is 6. The molecule has 0 spiro atoms. The Bertz CT molecular complexity index is 771. The SMILES string of the molecule is Cc1nnc(Oc2ccc(Br)cc2[N+](=O)[O-])c(C#N)c1C. The molecule has 0 aliphatic heterocycles. The molecule has 8 heteroatoms. The molecular weight excluding hydrogens is 340 g/mol. The molecule has 1 aromatic carbocycles. The van der Waals surface area contributed by atoms with E-state index < -0.39 is 4.92 Å². The Morgan fingerprint density at radius 2 is 2.10 bits per heavy atom. The predicted octanol–water partition coefficient (Wildman–Crippen LogP) is 3.43. The van der Waals surface area contributed by atoms with E-state index in [2.05, 4.69) is 26.1 Å². The fourth-order valence-corrected chi connectivity index (χ4v) is 1.96. The summed E-state index contributed by atoms with van der Waals surface area (Å²) >= 11 is 3.16. The highest BCUT2D eigenvalue weighted by molar-refractivity contribution is 9.10. The maximum absolute atomic E-state index is 11.0. The quantitative estimate of drug-likeness (QED) is 0.621. The number of rotatable bonds is 3. The second-order valence-electron chi connectivity index (χ2n) is 4.17. The van der Waals surface area contributed by atoms with Crippen LogP contribution < -0.4 is 4.74 Å². The lowest BCUT2D eigenvalue weighted by Crippen LogP contribution is -2.02. The van der Waals surface area contributed by atoms with Gasteiger partial charge in [-0.1, -0.05) is 15.9 Å². The largest absolute Gasteiger partial charge is 0.429 e. The molecule has 0 saturated heterocycles. The van der Waals surface area contributed by atoms with Gasteiger partial charge >= 0.3 is 5.69 Å². The summed E-state index contributed by atoms with van der Waals surface area (Å²) in [5.74, 6) is -0.0525. The molecule has 2 aromatic rings. The van der Waals surface area contributed by atoms with Gasteiger partial charge in [0.05, 0.1) is 10.6 Å². The molecule has 0 N–H and O–H groups in total. The van der Waals surface area contributed by atoms with Crippen LogP contribution in [-0.2, 0) is 0 Å². The van der Waals surface area contributed by atoms with E-state index in [-0.39, 0.29) is 22.9 Å². The van der Waals surface area contributed by atoms with Crippen molar-refractivity contribution in [2.45, 2.75) is 13.8 Å². The molecule has 0 bridgehead atoms. The number of hydrogen-bond donors (Lipinski definition) is 0. The Balaban J connectivity index is 2.52. The third-order valence-electron chi connectivity index (χ3n) is 2.86. The van der Waals surface area contributed by atoms with Crippen LogP contribution in [0.15, 0.2) is 22.7 Å². The van der Waals surface area contributed by atoms with E-state index in [1.165, 1.54) is 12.1 Å². The van der Waals surface area contributed by atoms with Gasteiger partial charge in [-0.2, -0.15) is 10.4 Å². The zero-order chi connectivity index (χ0) is 15.6. The summed E-state index contributed by atoms with van der Waals surface area (Å²) in [7, 11) is 0. The predicted molar refractivity (Wildman–Crippen MR) is 77.1 cm³/mol. The summed E-state index contributed by atoms with van der Waals surface area (Å²) in [6.45, 7) is 3.43. The fraction of sp³-hybridized carbons (Fsp3) is 0.154. The summed E-state index contributed by atoms with van der Waals surface area (Å²) in [6.07, 6.45) is 0. The molecule has 0 saturated carbocycles. The summed E-state index contributed by atoms with van der Waals surface area (Å²) in [6, 6.07) is 6.32. The van der Waals surface area contributed by atoms with Crippen molar-refractivity contribution in [1.82, 2.24) is 10.2 Å². The molecule has 7 nitrogen and oxygen atoms in total. The van der Waals surface area contributed by atoms with Crippen LogP contribution in [0.3, 0.4) is 0 Å². The van der Waals surface area contributed by atoms with Crippen LogP contribution in [0, 0.1) is 35.3 Å². The summed E-state index contributed by atoms with van der Waals surface area (Å²) in [5.41, 5.74) is 1.21. The smallest absolute Gasteiger partial charge is 0.312 e. The number of nitriles is 1. The maximum Gasteiger partial charge on any atom is 0.312 e. The second kappa shape index (κ2) is 5.85. The van der Waals surface area contributed by atoms with E-state index in [9.17, 15) is 15.4 Å². The van der Waals surface area contributed by atoms with Gasteiger partial charge < -0.3 is 4.74 Å². The molecule has 0 unspecified atom stereocenters. The normalized spacial score (nSPS) is 10.0. The Morgan fingerprint density at radius 3 is 2.71 bits per heavy atom.